The van der Waals surface area contributed by atoms with Gasteiger partial charge in [0.1, 0.15) is 23.6 Å². The van der Waals surface area contributed by atoms with E-state index in [0.717, 1.165) is 67.5 Å². The van der Waals surface area contributed by atoms with E-state index in [4.69, 9.17) is 15.2 Å². The number of phenolic OH excluding ortho intramolecular Hbond substituents is 1. The second-order valence-electron chi connectivity index (χ2n) is 16.7. The molecule has 1 unspecified atom stereocenters. The highest BCUT2D eigenvalue weighted by molar-refractivity contribution is 6.01. The smallest absolute Gasteiger partial charge is 0.249 e. The zero-order valence-corrected chi connectivity index (χ0v) is 34.6. The molecule has 16 heteroatoms. The predicted octanol–water partition coefficient (Wildman–Crippen LogP) is 2.96. The van der Waals surface area contributed by atoms with E-state index < -0.39 is 0 Å². The molecule has 9 rings (SSSR count). The van der Waals surface area contributed by atoms with Crippen LogP contribution in [0.2, 0.25) is 0 Å². The normalized spacial score (nSPS) is 22.5. The summed E-state index contributed by atoms with van der Waals surface area (Å²) in [7, 11) is 1.90. The van der Waals surface area contributed by atoms with Gasteiger partial charge in [0, 0.05) is 107 Å². The summed E-state index contributed by atoms with van der Waals surface area (Å²) in [5.74, 6) is 1.02. The third-order valence-corrected chi connectivity index (χ3v) is 12.8. The summed E-state index contributed by atoms with van der Waals surface area (Å²) < 4.78 is 12.6. The van der Waals surface area contributed by atoms with Crippen molar-refractivity contribution < 1.29 is 29.0 Å². The summed E-state index contributed by atoms with van der Waals surface area (Å²) >= 11 is 0. The number of nitrogens with zero attached hydrogens (tertiary/aromatic N) is 8. The van der Waals surface area contributed by atoms with Gasteiger partial charge in [-0.3, -0.25) is 24.6 Å². The second kappa shape index (κ2) is 17.5. The Bertz CT molecular complexity index is 2230. The first-order valence-electron chi connectivity index (χ1n) is 21.4. The number of likely N-dealkylation sites (N-methyl/N-ethyl adjacent to an activating group) is 1. The fourth-order valence-corrected chi connectivity index (χ4v) is 9.48. The number of nitrogen functional groups attached to an aromatic ring is 1. The largest absolute Gasteiger partial charge is 0.507 e. The number of piperidine rings is 2. The minimum absolute atomic E-state index is 0.0211. The Morgan fingerprint density at radius 3 is 2.36 bits per heavy atom. The number of amides is 3. The van der Waals surface area contributed by atoms with Crippen LogP contribution in [0.1, 0.15) is 25.7 Å². The number of carbonyl (C=O) groups is 3. The van der Waals surface area contributed by atoms with E-state index in [2.05, 4.69) is 59.4 Å². The number of rotatable bonds is 10. The number of carbonyl (C=O) groups excluding carboxylic acids is 3. The Morgan fingerprint density at radius 1 is 0.869 bits per heavy atom. The molecule has 4 N–H and O–H groups in total. The Morgan fingerprint density at radius 2 is 1.61 bits per heavy atom. The van der Waals surface area contributed by atoms with Crippen LogP contribution >= 0.6 is 0 Å². The van der Waals surface area contributed by atoms with Gasteiger partial charge in [0.2, 0.25) is 17.7 Å². The van der Waals surface area contributed by atoms with Crippen LogP contribution in [-0.2, 0) is 19.1 Å². The number of fused-ring (bicyclic) bond motifs is 2. The third kappa shape index (κ3) is 8.73. The first kappa shape index (κ1) is 40.3. The van der Waals surface area contributed by atoms with Gasteiger partial charge >= 0.3 is 0 Å². The van der Waals surface area contributed by atoms with Crippen LogP contribution in [0.5, 0.6) is 11.5 Å². The van der Waals surface area contributed by atoms with Crippen molar-refractivity contribution in [3.05, 3.63) is 78.9 Å². The molecular weight excluding hydrogens is 777 g/mol. The molecule has 6 heterocycles. The molecule has 16 nitrogen and oxygen atoms in total. The molecule has 0 aliphatic carbocycles. The van der Waals surface area contributed by atoms with Crippen molar-refractivity contribution in [2.24, 2.45) is 0 Å². The number of likely N-dealkylation sites (tertiary alicyclic amines) is 1. The van der Waals surface area contributed by atoms with Crippen LogP contribution in [0.25, 0.3) is 11.3 Å². The van der Waals surface area contributed by atoms with Crippen molar-refractivity contribution in [2.75, 3.05) is 104 Å². The molecule has 0 radical (unpaired) electrons. The lowest BCUT2D eigenvalue weighted by Crippen LogP contribution is -2.65. The number of aromatic nitrogens is 2. The average Bonchev–Trinajstić information content (AvgIpc) is 3.27. The lowest BCUT2D eigenvalue weighted by molar-refractivity contribution is -0.135. The van der Waals surface area contributed by atoms with Crippen molar-refractivity contribution in [3.8, 4) is 22.8 Å². The Labute approximate surface area is 355 Å². The van der Waals surface area contributed by atoms with Crippen molar-refractivity contribution in [1.82, 2.24) is 25.3 Å². The molecule has 0 saturated carbocycles. The van der Waals surface area contributed by atoms with Crippen molar-refractivity contribution >= 4 is 46.3 Å². The number of hydrogen-bond donors (Lipinski definition) is 3. The number of ether oxygens (including phenoxy) is 2. The maximum Gasteiger partial charge on any atom is 0.249 e. The molecule has 5 aliphatic heterocycles. The molecule has 1 aromatic heterocycles. The van der Waals surface area contributed by atoms with Gasteiger partial charge in [-0.2, -0.15) is 0 Å². The maximum absolute atomic E-state index is 13.5. The van der Waals surface area contributed by atoms with Gasteiger partial charge in [-0.15, -0.1) is 10.2 Å². The van der Waals surface area contributed by atoms with E-state index in [1.807, 2.05) is 59.3 Å². The van der Waals surface area contributed by atoms with E-state index in [-0.39, 0.29) is 47.7 Å². The number of nitrogens with one attached hydrogen (secondary N) is 1. The van der Waals surface area contributed by atoms with Crippen LogP contribution in [-0.4, -0.2) is 146 Å². The van der Waals surface area contributed by atoms with Crippen LogP contribution in [0, 0.1) is 0 Å². The predicted molar refractivity (Wildman–Crippen MR) is 233 cm³/mol. The van der Waals surface area contributed by atoms with Crippen molar-refractivity contribution in [3.63, 3.8) is 0 Å². The zero-order valence-electron chi connectivity index (χ0n) is 34.6. The summed E-state index contributed by atoms with van der Waals surface area (Å²) in [5.41, 5.74) is 11.5. The van der Waals surface area contributed by atoms with Gasteiger partial charge in [-0.1, -0.05) is 24.3 Å². The molecular formula is C45H54N10O6. The highest BCUT2D eigenvalue weighted by Gasteiger charge is 2.39. The monoisotopic (exact) mass is 830 g/mol. The molecule has 5 fully saturated rings. The Balaban J connectivity index is 0.751. The highest BCUT2D eigenvalue weighted by Crippen LogP contribution is 2.37. The van der Waals surface area contributed by atoms with Crippen LogP contribution in [0.4, 0.5) is 28.6 Å². The summed E-state index contributed by atoms with van der Waals surface area (Å²) in [5, 5.41) is 21.4. The summed E-state index contributed by atoms with van der Waals surface area (Å²) in [4.78, 5) is 50.8. The van der Waals surface area contributed by atoms with Gasteiger partial charge in [0.15, 0.2) is 5.82 Å². The number of benzene rings is 3. The number of piperazine rings is 2. The average molecular weight is 831 g/mol. The van der Waals surface area contributed by atoms with Gasteiger partial charge in [-0.05, 0) is 55.0 Å². The molecule has 3 amide bonds. The van der Waals surface area contributed by atoms with Gasteiger partial charge in [0.25, 0.3) is 0 Å². The van der Waals surface area contributed by atoms with E-state index in [1.165, 1.54) is 0 Å². The Hall–Kier alpha value is -6.13. The van der Waals surface area contributed by atoms with Crippen LogP contribution < -0.4 is 35.4 Å². The summed E-state index contributed by atoms with van der Waals surface area (Å²) in [6.45, 7) is 7.42. The standard InChI is InChI=1S/C45H54N10O6/c1-50(39-12-13-42(57)47-45(39)59)30-6-4-7-31(22-30)52-20-18-51(19-21-52)27-43(58)53-16-14-35(15-17-53)61-36-9-5-8-32(23-36)55-33-25-54(26-34(55)29-60-28-33)40-24-38(48-49-44(40)46)37-10-2-3-11-41(37)56/h2-11,22-24,33-35,39,56H,12-21,25-29H2,1H3,(H2,46,49)(H,47,57,59)/t33-,34-,39?/m1/s1. The number of phenols is 1. The third-order valence-electron chi connectivity index (χ3n) is 12.8. The fourth-order valence-electron chi connectivity index (χ4n) is 9.48. The molecule has 3 atom stereocenters. The molecule has 5 aliphatic rings. The minimum atomic E-state index is -0.375. The SMILES string of the molecule is CN(c1cccc(N2CCN(CC(=O)N3CCC(Oc4cccc(N5[C@H]6COC[C@H]5CN(c5cc(-c7ccccc7O)nnc5N)C6)c4)CC3)CC2)c1)C1CCC(=O)NC1=O. The molecule has 5 saturated heterocycles. The number of hydrogen-bond acceptors (Lipinski definition) is 14. The van der Waals surface area contributed by atoms with Gasteiger partial charge < -0.3 is 44.8 Å². The maximum atomic E-state index is 13.5. The molecule has 3 aromatic carbocycles. The zero-order chi connectivity index (χ0) is 42.0. The van der Waals surface area contributed by atoms with E-state index in [1.54, 1.807) is 12.1 Å². The minimum Gasteiger partial charge on any atom is -0.507 e. The number of anilines is 5. The quantitative estimate of drug-likeness (QED) is 0.199. The molecule has 4 aromatic rings. The van der Waals surface area contributed by atoms with E-state index in [0.29, 0.717) is 75.9 Å². The molecule has 320 valence electrons. The highest BCUT2D eigenvalue weighted by atomic mass is 16.5. The van der Waals surface area contributed by atoms with E-state index >= 15 is 0 Å². The Kier molecular flexibility index (Phi) is 11.5. The van der Waals surface area contributed by atoms with Crippen molar-refractivity contribution in [1.29, 1.82) is 0 Å². The number of para-hydroxylation sites is 1. The fraction of sp³-hybridized carbons (Fsp3) is 0.444. The second-order valence-corrected chi connectivity index (χ2v) is 16.7. The first-order valence-corrected chi connectivity index (χ1v) is 21.4. The van der Waals surface area contributed by atoms with Crippen LogP contribution in [0.15, 0.2) is 78.9 Å². The number of aromatic hydroxyl groups is 1. The van der Waals surface area contributed by atoms with Gasteiger partial charge in [0.05, 0.1) is 43.2 Å². The molecule has 2 bridgehead atoms. The van der Waals surface area contributed by atoms with E-state index in [9.17, 15) is 19.5 Å². The summed E-state index contributed by atoms with van der Waals surface area (Å²) in [6, 6.07) is 25.3. The lowest BCUT2D eigenvalue weighted by Gasteiger charge is -2.51. The van der Waals surface area contributed by atoms with Crippen LogP contribution in [0.3, 0.4) is 0 Å². The molecule has 0 spiro atoms. The number of nitrogens with two attached hydrogens (primary N) is 1. The molecule has 61 heavy (non-hydrogen) atoms. The summed E-state index contributed by atoms with van der Waals surface area (Å²) in [6.07, 6.45) is 2.41. The number of imide groups is 1. The first-order chi connectivity index (χ1) is 29.7. The lowest BCUT2D eigenvalue weighted by atomic mass is 10.0. The van der Waals surface area contributed by atoms with Crippen molar-refractivity contribution in [2.45, 2.75) is 49.9 Å². The van der Waals surface area contributed by atoms with Gasteiger partial charge in [-0.25, -0.2) is 0 Å². The number of morpholine rings is 1. The topological polar surface area (TPSA) is 173 Å².